The van der Waals surface area contributed by atoms with Crippen molar-refractivity contribution in [2.24, 2.45) is 0 Å². The Hall–Kier alpha value is -2.99. The Morgan fingerprint density at radius 2 is 1.84 bits per heavy atom. The minimum Gasteiger partial charge on any atom is -0.392 e. The number of nitrogens with zero attached hydrogens (tertiary/aromatic N) is 2. The van der Waals surface area contributed by atoms with Crippen molar-refractivity contribution in [3.05, 3.63) is 82.9 Å². The Morgan fingerprint density at radius 1 is 1.16 bits per heavy atom. The lowest BCUT2D eigenvalue weighted by molar-refractivity contribution is 0.0950. The third-order valence-corrected chi connectivity index (χ3v) is 4.05. The first-order chi connectivity index (χ1) is 12.1. The summed E-state index contributed by atoms with van der Waals surface area (Å²) in [4.78, 5) is 12.5. The third kappa shape index (κ3) is 3.59. The van der Waals surface area contributed by atoms with Crippen molar-refractivity contribution >= 4 is 5.91 Å². The summed E-state index contributed by atoms with van der Waals surface area (Å²) in [6.07, 6.45) is 1.49. The highest BCUT2D eigenvalue weighted by molar-refractivity contribution is 5.95. The van der Waals surface area contributed by atoms with E-state index in [1.54, 1.807) is 23.7 Å². The van der Waals surface area contributed by atoms with Gasteiger partial charge in [0, 0.05) is 6.54 Å². The summed E-state index contributed by atoms with van der Waals surface area (Å²) < 4.78 is 14.6. The van der Waals surface area contributed by atoms with Gasteiger partial charge in [-0.3, -0.25) is 4.79 Å². The van der Waals surface area contributed by atoms with Gasteiger partial charge in [-0.05, 0) is 42.3 Å². The predicted molar refractivity (Wildman–Crippen MR) is 91.8 cm³/mol. The quantitative estimate of drug-likeness (QED) is 0.751. The molecule has 0 aliphatic heterocycles. The lowest BCUT2D eigenvalue weighted by atomic mass is 10.1. The Morgan fingerprint density at radius 3 is 2.52 bits per heavy atom. The van der Waals surface area contributed by atoms with Gasteiger partial charge in [0.2, 0.25) is 0 Å². The number of nitrogens with one attached hydrogen (secondary N) is 1. The average Bonchev–Trinajstić information content (AvgIpc) is 3.02. The van der Waals surface area contributed by atoms with E-state index in [-0.39, 0.29) is 18.3 Å². The molecule has 25 heavy (non-hydrogen) atoms. The zero-order valence-electron chi connectivity index (χ0n) is 13.7. The number of aliphatic hydroxyl groups excluding tert-OH is 1. The van der Waals surface area contributed by atoms with Gasteiger partial charge in [0.25, 0.3) is 5.91 Å². The highest BCUT2D eigenvalue weighted by atomic mass is 19.1. The molecule has 1 amide bonds. The highest BCUT2D eigenvalue weighted by Gasteiger charge is 2.15. The molecule has 0 bridgehead atoms. The fourth-order valence-electron chi connectivity index (χ4n) is 2.63. The van der Waals surface area contributed by atoms with Crippen LogP contribution in [0.15, 0.2) is 54.7 Å². The normalized spacial score (nSPS) is 10.7. The van der Waals surface area contributed by atoms with E-state index in [0.29, 0.717) is 23.5 Å². The van der Waals surface area contributed by atoms with Crippen molar-refractivity contribution in [3.8, 4) is 5.69 Å². The lowest BCUT2D eigenvalue weighted by Gasteiger charge is -2.09. The molecule has 5 nitrogen and oxygen atoms in total. The van der Waals surface area contributed by atoms with Crippen molar-refractivity contribution in [2.45, 2.75) is 20.1 Å². The summed E-state index contributed by atoms with van der Waals surface area (Å²) in [7, 11) is 0. The fraction of sp³-hybridized carbons (Fsp3) is 0.158. The molecule has 2 aromatic carbocycles. The molecule has 0 spiro atoms. The van der Waals surface area contributed by atoms with E-state index in [2.05, 4.69) is 10.4 Å². The Bertz CT molecular complexity index is 888. The summed E-state index contributed by atoms with van der Waals surface area (Å²) in [6, 6.07) is 13.3. The van der Waals surface area contributed by atoms with Crippen LogP contribution in [0.1, 0.15) is 27.2 Å². The molecule has 0 aliphatic carbocycles. The topological polar surface area (TPSA) is 67.2 Å². The summed E-state index contributed by atoms with van der Waals surface area (Å²) in [5.74, 6) is -0.576. The standard InChI is InChI=1S/C19H18FN3O2/c1-13-18(11-22-23(13)17-8-6-16(20)7-9-17)19(25)21-10-14-4-2-3-5-15(14)12-24/h2-9,11,24H,10,12H2,1H3,(H,21,25). The number of rotatable bonds is 5. The van der Waals surface area contributed by atoms with Gasteiger partial charge < -0.3 is 10.4 Å². The zero-order chi connectivity index (χ0) is 17.8. The van der Waals surface area contributed by atoms with Gasteiger partial charge in [-0.1, -0.05) is 24.3 Å². The van der Waals surface area contributed by atoms with Crippen LogP contribution in [0.4, 0.5) is 4.39 Å². The van der Waals surface area contributed by atoms with Gasteiger partial charge in [0.05, 0.1) is 29.7 Å². The van der Waals surface area contributed by atoms with Gasteiger partial charge >= 0.3 is 0 Å². The second-order valence-corrected chi connectivity index (χ2v) is 5.64. The summed E-state index contributed by atoms with van der Waals surface area (Å²) in [5.41, 5.74) is 3.44. The van der Waals surface area contributed by atoms with E-state index in [1.165, 1.54) is 18.3 Å². The maximum atomic E-state index is 13.0. The SMILES string of the molecule is Cc1c(C(=O)NCc2ccccc2CO)cnn1-c1ccc(F)cc1. The number of carbonyl (C=O) groups is 1. The van der Waals surface area contributed by atoms with E-state index in [0.717, 1.165) is 11.1 Å². The molecular weight excluding hydrogens is 321 g/mol. The van der Waals surface area contributed by atoms with Crippen LogP contribution in [-0.2, 0) is 13.2 Å². The van der Waals surface area contributed by atoms with Crippen molar-refractivity contribution in [1.82, 2.24) is 15.1 Å². The Kier molecular flexibility index (Phi) is 4.90. The van der Waals surface area contributed by atoms with E-state index in [9.17, 15) is 14.3 Å². The molecule has 1 aromatic heterocycles. The molecule has 0 aliphatic rings. The second-order valence-electron chi connectivity index (χ2n) is 5.64. The molecule has 0 saturated carbocycles. The highest BCUT2D eigenvalue weighted by Crippen LogP contribution is 2.15. The molecule has 0 unspecified atom stereocenters. The molecule has 0 saturated heterocycles. The number of benzene rings is 2. The first-order valence-electron chi connectivity index (χ1n) is 7.86. The number of hydrogen-bond donors (Lipinski definition) is 2. The Balaban J connectivity index is 1.76. The average molecular weight is 339 g/mol. The van der Waals surface area contributed by atoms with Gasteiger partial charge in [0.15, 0.2) is 0 Å². The minimum absolute atomic E-state index is 0.0758. The predicted octanol–water partition coefficient (Wildman–Crippen LogP) is 2.74. The van der Waals surface area contributed by atoms with E-state index < -0.39 is 0 Å². The van der Waals surface area contributed by atoms with Crippen molar-refractivity contribution in [2.75, 3.05) is 0 Å². The van der Waals surface area contributed by atoms with E-state index in [1.807, 2.05) is 24.3 Å². The smallest absolute Gasteiger partial charge is 0.255 e. The molecule has 0 atom stereocenters. The zero-order valence-corrected chi connectivity index (χ0v) is 13.7. The van der Waals surface area contributed by atoms with Crippen LogP contribution in [0.25, 0.3) is 5.69 Å². The van der Waals surface area contributed by atoms with Crippen LogP contribution in [0.2, 0.25) is 0 Å². The molecular formula is C19H18FN3O2. The molecule has 6 heteroatoms. The summed E-state index contributed by atoms with van der Waals surface area (Å²) >= 11 is 0. The molecule has 128 valence electrons. The Labute approximate surface area is 144 Å². The fourth-order valence-corrected chi connectivity index (χ4v) is 2.63. The molecule has 1 heterocycles. The number of carbonyl (C=O) groups excluding carboxylic acids is 1. The number of aliphatic hydroxyl groups is 1. The molecule has 0 radical (unpaired) electrons. The molecule has 3 rings (SSSR count). The van der Waals surface area contributed by atoms with E-state index >= 15 is 0 Å². The van der Waals surface area contributed by atoms with Crippen molar-refractivity contribution < 1.29 is 14.3 Å². The van der Waals surface area contributed by atoms with Crippen LogP contribution in [-0.4, -0.2) is 20.8 Å². The summed E-state index contributed by atoms with van der Waals surface area (Å²) in [5, 5.41) is 16.4. The first kappa shape index (κ1) is 16.9. The molecule has 3 aromatic rings. The van der Waals surface area contributed by atoms with Crippen LogP contribution >= 0.6 is 0 Å². The number of amides is 1. The van der Waals surface area contributed by atoms with Crippen LogP contribution in [0.3, 0.4) is 0 Å². The first-order valence-corrected chi connectivity index (χ1v) is 7.86. The second kappa shape index (κ2) is 7.27. The van der Waals surface area contributed by atoms with Crippen molar-refractivity contribution in [3.63, 3.8) is 0 Å². The van der Waals surface area contributed by atoms with Gasteiger partial charge in [0.1, 0.15) is 5.82 Å². The molecule has 0 fully saturated rings. The van der Waals surface area contributed by atoms with E-state index in [4.69, 9.17) is 0 Å². The third-order valence-electron chi connectivity index (χ3n) is 4.05. The number of hydrogen-bond acceptors (Lipinski definition) is 3. The monoisotopic (exact) mass is 339 g/mol. The number of halogens is 1. The van der Waals surface area contributed by atoms with Crippen molar-refractivity contribution in [1.29, 1.82) is 0 Å². The maximum absolute atomic E-state index is 13.0. The maximum Gasteiger partial charge on any atom is 0.255 e. The van der Waals surface area contributed by atoms with Gasteiger partial charge in [-0.2, -0.15) is 5.10 Å². The van der Waals surface area contributed by atoms with Crippen LogP contribution in [0.5, 0.6) is 0 Å². The molecule has 2 N–H and O–H groups in total. The lowest BCUT2D eigenvalue weighted by Crippen LogP contribution is -2.24. The number of aromatic nitrogens is 2. The largest absolute Gasteiger partial charge is 0.392 e. The van der Waals surface area contributed by atoms with Gasteiger partial charge in [-0.25, -0.2) is 9.07 Å². The van der Waals surface area contributed by atoms with Crippen LogP contribution in [0, 0.1) is 12.7 Å². The van der Waals surface area contributed by atoms with Gasteiger partial charge in [-0.15, -0.1) is 0 Å². The summed E-state index contributed by atoms with van der Waals surface area (Å²) in [6.45, 7) is 2.03. The minimum atomic E-state index is -0.325. The van der Waals surface area contributed by atoms with Crippen LogP contribution < -0.4 is 5.32 Å².